The van der Waals surface area contributed by atoms with Crippen LogP contribution in [0.25, 0.3) is 11.3 Å². The lowest BCUT2D eigenvalue weighted by molar-refractivity contribution is -0.160. The fraction of sp³-hybridized carbons (Fsp3) is 0.120. The summed E-state index contributed by atoms with van der Waals surface area (Å²) < 4.78 is 12.6. The smallest absolute Gasteiger partial charge is 0.260 e. The van der Waals surface area contributed by atoms with Crippen LogP contribution in [0.3, 0.4) is 0 Å². The third-order valence-electron chi connectivity index (χ3n) is 5.01. The molecule has 3 aromatic rings. The molecule has 0 fully saturated rings. The predicted octanol–water partition coefficient (Wildman–Crippen LogP) is 6.03. The Bertz CT molecular complexity index is 973. The maximum absolute atomic E-state index is 6.54. The monoisotopic (exact) mass is 354 g/mol. The average Bonchev–Trinajstić information content (AvgIpc) is 2.76. The molecule has 0 spiro atoms. The van der Waals surface area contributed by atoms with E-state index in [1.54, 1.807) is 7.11 Å². The van der Waals surface area contributed by atoms with Crippen molar-refractivity contribution in [2.24, 2.45) is 0 Å². The molecule has 0 saturated heterocycles. The highest BCUT2D eigenvalue weighted by Crippen LogP contribution is 2.46. The molecule has 0 bridgehead atoms. The van der Waals surface area contributed by atoms with Crippen molar-refractivity contribution in [2.75, 3.05) is 7.11 Å². The summed E-state index contributed by atoms with van der Waals surface area (Å²) in [6, 6.07) is 30.6. The Morgan fingerprint density at radius 2 is 1.22 bits per heavy atom. The molecule has 4 rings (SSSR count). The largest absolute Gasteiger partial charge is 0.453 e. The molecule has 2 nitrogen and oxygen atoms in total. The maximum Gasteiger partial charge on any atom is 0.260 e. The highest BCUT2D eigenvalue weighted by molar-refractivity contribution is 5.86. The van der Waals surface area contributed by atoms with Crippen LogP contribution in [0, 0.1) is 0 Å². The SMILES string of the molecule is COC1(c2ccccc2)OC(c2ccccc2)=CC(c2ccccc2)=C1C. The lowest BCUT2D eigenvalue weighted by atomic mass is 9.87. The number of methoxy groups -OCH3 is 1. The van der Waals surface area contributed by atoms with Gasteiger partial charge in [-0.3, -0.25) is 0 Å². The second-order valence-electron chi connectivity index (χ2n) is 6.57. The van der Waals surface area contributed by atoms with E-state index in [1.807, 2.05) is 54.6 Å². The van der Waals surface area contributed by atoms with Crippen molar-refractivity contribution < 1.29 is 9.47 Å². The Hall–Kier alpha value is -3.10. The van der Waals surface area contributed by atoms with Crippen molar-refractivity contribution >= 4 is 11.3 Å². The van der Waals surface area contributed by atoms with Crippen LogP contribution in [0.5, 0.6) is 0 Å². The van der Waals surface area contributed by atoms with Gasteiger partial charge in [0, 0.05) is 23.8 Å². The molecule has 0 aromatic heterocycles. The highest BCUT2D eigenvalue weighted by atomic mass is 16.7. The Balaban J connectivity index is 1.95. The molecular formula is C25H22O2. The van der Waals surface area contributed by atoms with Crippen LogP contribution in [0.4, 0.5) is 0 Å². The summed E-state index contributed by atoms with van der Waals surface area (Å²) in [5, 5.41) is 0. The molecule has 1 aliphatic rings. The molecule has 1 heterocycles. The zero-order valence-corrected chi connectivity index (χ0v) is 15.6. The second kappa shape index (κ2) is 7.26. The van der Waals surface area contributed by atoms with Crippen LogP contribution < -0.4 is 0 Å². The first-order valence-corrected chi connectivity index (χ1v) is 9.08. The fourth-order valence-electron chi connectivity index (χ4n) is 3.59. The Kier molecular flexibility index (Phi) is 4.66. The summed E-state index contributed by atoms with van der Waals surface area (Å²) in [7, 11) is 1.70. The van der Waals surface area contributed by atoms with Gasteiger partial charge in [0.2, 0.25) is 0 Å². The van der Waals surface area contributed by atoms with E-state index in [-0.39, 0.29) is 0 Å². The van der Waals surface area contributed by atoms with Gasteiger partial charge in [0.25, 0.3) is 5.79 Å². The molecule has 0 N–H and O–H groups in total. The molecule has 0 aliphatic carbocycles. The molecule has 1 unspecified atom stereocenters. The number of ether oxygens (including phenoxy) is 2. The fourth-order valence-corrected chi connectivity index (χ4v) is 3.59. The first-order valence-electron chi connectivity index (χ1n) is 9.08. The van der Waals surface area contributed by atoms with Crippen LogP contribution in [-0.4, -0.2) is 7.11 Å². The van der Waals surface area contributed by atoms with Crippen molar-refractivity contribution in [1.29, 1.82) is 0 Å². The van der Waals surface area contributed by atoms with Gasteiger partial charge in [-0.1, -0.05) is 91.0 Å². The molecule has 0 radical (unpaired) electrons. The van der Waals surface area contributed by atoms with E-state index in [1.165, 1.54) is 0 Å². The summed E-state index contributed by atoms with van der Waals surface area (Å²) >= 11 is 0. The predicted molar refractivity (Wildman–Crippen MR) is 110 cm³/mol. The van der Waals surface area contributed by atoms with E-state index >= 15 is 0 Å². The van der Waals surface area contributed by atoms with Crippen molar-refractivity contribution in [3.63, 3.8) is 0 Å². The van der Waals surface area contributed by atoms with E-state index in [9.17, 15) is 0 Å². The normalized spacial score (nSPS) is 19.4. The molecule has 134 valence electrons. The quantitative estimate of drug-likeness (QED) is 0.569. The van der Waals surface area contributed by atoms with Crippen LogP contribution in [0.1, 0.15) is 23.6 Å². The number of hydrogen-bond acceptors (Lipinski definition) is 2. The van der Waals surface area contributed by atoms with E-state index in [0.717, 1.165) is 33.6 Å². The van der Waals surface area contributed by atoms with Crippen molar-refractivity contribution in [2.45, 2.75) is 12.7 Å². The minimum atomic E-state index is -0.966. The maximum atomic E-state index is 6.54. The Morgan fingerprint density at radius 1 is 0.704 bits per heavy atom. The average molecular weight is 354 g/mol. The molecular weight excluding hydrogens is 332 g/mol. The first kappa shape index (κ1) is 17.3. The number of hydrogen-bond donors (Lipinski definition) is 0. The lowest BCUT2D eigenvalue weighted by Gasteiger charge is -2.39. The Morgan fingerprint density at radius 3 is 1.78 bits per heavy atom. The van der Waals surface area contributed by atoms with Crippen molar-refractivity contribution in [3.8, 4) is 0 Å². The number of allylic oxidation sites excluding steroid dienone is 2. The van der Waals surface area contributed by atoms with E-state index in [2.05, 4.69) is 49.4 Å². The molecule has 1 aliphatic heterocycles. The minimum Gasteiger partial charge on any atom is -0.453 e. The van der Waals surface area contributed by atoms with Gasteiger partial charge < -0.3 is 9.47 Å². The summed E-state index contributed by atoms with van der Waals surface area (Å²) in [4.78, 5) is 0. The molecule has 0 saturated carbocycles. The van der Waals surface area contributed by atoms with Gasteiger partial charge in [0.1, 0.15) is 5.76 Å². The standard InChI is InChI=1S/C25H22O2/c1-19-23(20-12-6-3-7-13-20)18-24(21-14-8-4-9-15-21)27-25(19,26-2)22-16-10-5-11-17-22/h3-18H,1-2H3. The van der Waals surface area contributed by atoms with Gasteiger partial charge >= 0.3 is 0 Å². The zero-order chi connectivity index (χ0) is 18.7. The van der Waals surface area contributed by atoms with E-state index < -0.39 is 5.79 Å². The Labute approximate surface area is 160 Å². The minimum absolute atomic E-state index is 0.797. The van der Waals surface area contributed by atoms with Gasteiger partial charge in [-0.05, 0) is 24.1 Å². The lowest BCUT2D eigenvalue weighted by Crippen LogP contribution is -2.35. The van der Waals surface area contributed by atoms with E-state index in [4.69, 9.17) is 9.47 Å². The zero-order valence-electron chi connectivity index (χ0n) is 15.6. The second-order valence-corrected chi connectivity index (χ2v) is 6.57. The third-order valence-corrected chi connectivity index (χ3v) is 5.01. The molecule has 1 atom stereocenters. The molecule has 3 aromatic carbocycles. The van der Waals surface area contributed by atoms with Gasteiger partial charge in [-0.2, -0.15) is 0 Å². The van der Waals surface area contributed by atoms with Crippen molar-refractivity contribution in [3.05, 3.63) is 119 Å². The van der Waals surface area contributed by atoms with Gasteiger partial charge in [-0.15, -0.1) is 0 Å². The highest BCUT2D eigenvalue weighted by Gasteiger charge is 2.41. The summed E-state index contributed by atoms with van der Waals surface area (Å²) in [6.45, 7) is 2.08. The third kappa shape index (κ3) is 3.09. The number of benzene rings is 3. The van der Waals surface area contributed by atoms with Crippen LogP contribution in [0.15, 0.2) is 103 Å². The van der Waals surface area contributed by atoms with Crippen LogP contribution in [-0.2, 0) is 15.3 Å². The van der Waals surface area contributed by atoms with Gasteiger partial charge in [-0.25, -0.2) is 0 Å². The van der Waals surface area contributed by atoms with E-state index in [0.29, 0.717) is 0 Å². The topological polar surface area (TPSA) is 18.5 Å². The molecule has 2 heteroatoms. The van der Waals surface area contributed by atoms with Crippen molar-refractivity contribution in [1.82, 2.24) is 0 Å². The first-order chi connectivity index (χ1) is 13.2. The van der Waals surface area contributed by atoms with Crippen LogP contribution in [0.2, 0.25) is 0 Å². The molecule has 27 heavy (non-hydrogen) atoms. The number of rotatable bonds is 4. The summed E-state index contributed by atoms with van der Waals surface area (Å²) in [6.07, 6.45) is 2.11. The summed E-state index contributed by atoms with van der Waals surface area (Å²) in [5.74, 6) is -0.169. The summed E-state index contributed by atoms with van der Waals surface area (Å²) in [5.41, 5.74) is 5.29. The van der Waals surface area contributed by atoms with Gasteiger partial charge in [0.15, 0.2) is 0 Å². The van der Waals surface area contributed by atoms with Gasteiger partial charge in [0.05, 0.1) is 0 Å². The molecule has 0 amide bonds. The van der Waals surface area contributed by atoms with Crippen LogP contribution >= 0.6 is 0 Å².